The number of carbonyl (C=O) groups is 1. The first-order valence-corrected chi connectivity index (χ1v) is 7.64. The minimum absolute atomic E-state index is 0.105. The van der Waals surface area contributed by atoms with Crippen molar-refractivity contribution in [3.63, 3.8) is 0 Å². The van der Waals surface area contributed by atoms with E-state index in [-0.39, 0.29) is 24.2 Å². The predicted molar refractivity (Wildman–Crippen MR) is 86.6 cm³/mol. The molecule has 1 amide bonds. The maximum Gasteiger partial charge on any atom is 0.243 e. The van der Waals surface area contributed by atoms with Crippen LogP contribution in [0.3, 0.4) is 0 Å². The van der Waals surface area contributed by atoms with Crippen molar-refractivity contribution in [2.75, 3.05) is 16.8 Å². The Morgan fingerprint density at radius 3 is 2.87 bits per heavy atom. The molecule has 0 unspecified atom stereocenters. The summed E-state index contributed by atoms with van der Waals surface area (Å²) >= 11 is 0. The Morgan fingerprint density at radius 1 is 1.26 bits per heavy atom. The van der Waals surface area contributed by atoms with Gasteiger partial charge < -0.3 is 10.2 Å². The standard InChI is InChI=1S/C18H18F2N2O/c1-12-6-7-13-4-2-3-5-17(13)22(12)11-18(23)21-16-10-14(19)8-9-15(16)20/h2-5,8-10,12H,6-7,11H2,1H3,(H,21,23)/t12-/m0/s1. The third-order valence-corrected chi connectivity index (χ3v) is 4.18. The van der Waals surface area contributed by atoms with E-state index < -0.39 is 11.6 Å². The number of fused-ring (bicyclic) bond motifs is 1. The number of rotatable bonds is 3. The quantitative estimate of drug-likeness (QED) is 0.935. The second-order valence-corrected chi connectivity index (χ2v) is 5.82. The Bertz CT molecular complexity index is 733. The van der Waals surface area contributed by atoms with E-state index in [1.807, 2.05) is 23.1 Å². The lowest BCUT2D eigenvalue weighted by Gasteiger charge is -2.36. The smallest absolute Gasteiger partial charge is 0.243 e. The molecule has 0 radical (unpaired) electrons. The molecule has 3 rings (SSSR count). The first-order valence-electron chi connectivity index (χ1n) is 7.64. The molecule has 2 aromatic rings. The average molecular weight is 316 g/mol. The van der Waals surface area contributed by atoms with Gasteiger partial charge in [0.2, 0.25) is 5.91 Å². The van der Waals surface area contributed by atoms with E-state index in [2.05, 4.69) is 18.3 Å². The minimum Gasteiger partial charge on any atom is -0.359 e. The van der Waals surface area contributed by atoms with Gasteiger partial charge in [0.1, 0.15) is 11.6 Å². The fraction of sp³-hybridized carbons (Fsp3) is 0.278. The molecule has 1 aliphatic heterocycles. The van der Waals surface area contributed by atoms with E-state index in [0.29, 0.717) is 0 Å². The maximum atomic E-state index is 13.6. The SMILES string of the molecule is C[C@H]1CCc2ccccc2N1CC(=O)Nc1cc(F)ccc1F. The van der Waals surface area contributed by atoms with Crippen LogP contribution in [0.2, 0.25) is 0 Å². The number of amides is 1. The maximum absolute atomic E-state index is 13.6. The van der Waals surface area contributed by atoms with E-state index in [4.69, 9.17) is 0 Å². The molecule has 23 heavy (non-hydrogen) atoms. The Labute approximate surface area is 133 Å². The highest BCUT2D eigenvalue weighted by atomic mass is 19.1. The van der Waals surface area contributed by atoms with Crippen LogP contribution in [0.5, 0.6) is 0 Å². The van der Waals surface area contributed by atoms with Gasteiger partial charge >= 0.3 is 0 Å². The van der Waals surface area contributed by atoms with Crippen LogP contribution in [0.1, 0.15) is 18.9 Å². The second-order valence-electron chi connectivity index (χ2n) is 5.82. The van der Waals surface area contributed by atoms with Crippen LogP contribution in [0.25, 0.3) is 0 Å². The zero-order valence-corrected chi connectivity index (χ0v) is 12.9. The fourth-order valence-corrected chi connectivity index (χ4v) is 2.94. The molecule has 0 saturated carbocycles. The number of nitrogens with one attached hydrogen (secondary N) is 1. The van der Waals surface area contributed by atoms with E-state index in [0.717, 1.165) is 36.7 Å². The third kappa shape index (κ3) is 3.33. The molecular formula is C18H18F2N2O. The lowest BCUT2D eigenvalue weighted by molar-refractivity contribution is -0.115. The summed E-state index contributed by atoms with van der Waals surface area (Å²) in [6.45, 7) is 2.17. The zero-order chi connectivity index (χ0) is 16.4. The minimum atomic E-state index is -0.646. The van der Waals surface area contributed by atoms with Crippen molar-refractivity contribution < 1.29 is 13.6 Å². The number of hydrogen-bond donors (Lipinski definition) is 1. The van der Waals surface area contributed by atoms with Gasteiger partial charge in [-0.1, -0.05) is 18.2 Å². The second kappa shape index (κ2) is 6.36. The molecular weight excluding hydrogens is 298 g/mol. The summed E-state index contributed by atoms with van der Waals surface area (Å²) in [5.41, 5.74) is 2.10. The molecule has 120 valence electrons. The zero-order valence-electron chi connectivity index (χ0n) is 12.9. The van der Waals surface area contributed by atoms with Crippen molar-refractivity contribution in [2.45, 2.75) is 25.8 Å². The van der Waals surface area contributed by atoms with Gasteiger partial charge in [0, 0.05) is 17.8 Å². The number of halogens is 2. The Kier molecular flexibility index (Phi) is 4.28. The van der Waals surface area contributed by atoms with Gasteiger partial charge in [0.15, 0.2) is 0 Å². The first kappa shape index (κ1) is 15.5. The third-order valence-electron chi connectivity index (χ3n) is 4.18. The normalized spacial score (nSPS) is 16.8. The van der Waals surface area contributed by atoms with Crippen molar-refractivity contribution in [1.82, 2.24) is 0 Å². The van der Waals surface area contributed by atoms with Crippen molar-refractivity contribution in [3.05, 3.63) is 59.7 Å². The van der Waals surface area contributed by atoms with Gasteiger partial charge in [-0.25, -0.2) is 8.78 Å². The summed E-state index contributed by atoms with van der Waals surface area (Å²) in [4.78, 5) is 14.3. The van der Waals surface area contributed by atoms with Crippen LogP contribution in [-0.2, 0) is 11.2 Å². The summed E-state index contributed by atoms with van der Waals surface area (Å²) < 4.78 is 26.8. The summed E-state index contributed by atoms with van der Waals surface area (Å²) in [5.74, 6) is -1.59. The predicted octanol–water partition coefficient (Wildman–Crippen LogP) is 3.74. The van der Waals surface area contributed by atoms with Gasteiger partial charge in [-0.05, 0) is 43.5 Å². The van der Waals surface area contributed by atoms with Crippen molar-refractivity contribution in [1.29, 1.82) is 0 Å². The topological polar surface area (TPSA) is 32.3 Å². The molecule has 0 aliphatic carbocycles. The van der Waals surface area contributed by atoms with Gasteiger partial charge in [0.05, 0.1) is 12.2 Å². The van der Waals surface area contributed by atoms with Gasteiger partial charge in [-0.15, -0.1) is 0 Å². The van der Waals surface area contributed by atoms with Crippen LogP contribution < -0.4 is 10.2 Å². The van der Waals surface area contributed by atoms with Gasteiger partial charge in [0.25, 0.3) is 0 Å². The number of para-hydroxylation sites is 1. The van der Waals surface area contributed by atoms with Crippen molar-refractivity contribution in [2.24, 2.45) is 0 Å². The molecule has 1 atom stereocenters. The molecule has 0 spiro atoms. The van der Waals surface area contributed by atoms with E-state index in [1.54, 1.807) is 0 Å². The highest BCUT2D eigenvalue weighted by molar-refractivity contribution is 5.94. The number of aryl methyl sites for hydroxylation is 1. The molecule has 1 N–H and O–H groups in total. The molecule has 2 aromatic carbocycles. The number of nitrogens with zero attached hydrogens (tertiary/aromatic N) is 1. The van der Waals surface area contributed by atoms with Crippen molar-refractivity contribution in [3.8, 4) is 0 Å². The number of carbonyl (C=O) groups excluding carboxylic acids is 1. The number of anilines is 2. The Morgan fingerprint density at radius 2 is 2.04 bits per heavy atom. The monoisotopic (exact) mass is 316 g/mol. The molecule has 5 heteroatoms. The van der Waals surface area contributed by atoms with Gasteiger partial charge in [-0.3, -0.25) is 4.79 Å². The molecule has 1 heterocycles. The lowest BCUT2D eigenvalue weighted by Crippen LogP contribution is -2.42. The van der Waals surface area contributed by atoms with Crippen LogP contribution in [-0.4, -0.2) is 18.5 Å². The largest absolute Gasteiger partial charge is 0.359 e. The Balaban J connectivity index is 1.76. The summed E-state index contributed by atoms with van der Waals surface area (Å²) in [7, 11) is 0. The summed E-state index contributed by atoms with van der Waals surface area (Å²) in [5, 5.41) is 2.45. The molecule has 3 nitrogen and oxygen atoms in total. The summed E-state index contributed by atoms with van der Waals surface area (Å²) in [6.07, 6.45) is 1.94. The molecule has 1 aliphatic rings. The summed E-state index contributed by atoms with van der Waals surface area (Å²) in [6, 6.07) is 11.2. The van der Waals surface area contributed by atoms with Crippen LogP contribution in [0.4, 0.5) is 20.2 Å². The number of benzene rings is 2. The molecule has 0 fully saturated rings. The molecule has 0 saturated heterocycles. The average Bonchev–Trinajstić information content (AvgIpc) is 2.54. The fourth-order valence-electron chi connectivity index (χ4n) is 2.94. The first-order chi connectivity index (χ1) is 11.0. The Hall–Kier alpha value is -2.43. The van der Waals surface area contributed by atoms with E-state index in [9.17, 15) is 13.6 Å². The van der Waals surface area contributed by atoms with Crippen LogP contribution in [0.15, 0.2) is 42.5 Å². The molecule has 0 aromatic heterocycles. The van der Waals surface area contributed by atoms with E-state index >= 15 is 0 Å². The highest BCUT2D eigenvalue weighted by Gasteiger charge is 2.24. The van der Waals surface area contributed by atoms with E-state index in [1.165, 1.54) is 5.56 Å². The van der Waals surface area contributed by atoms with Gasteiger partial charge in [-0.2, -0.15) is 0 Å². The van der Waals surface area contributed by atoms with Crippen LogP contribution in [0, 0.1) is 11.6 Å². The number of hydrogen-bond acceptors (Lipinski definition) is 2. The highest BCUT2D eigenvalue weighted by Crippen LogP contribution is 2.30. The molecule has 0 bridgehead atoms. The van der Waals surface area contributed by atoms with Crippen LogP contribution >= 0.6 is 0 Å². The lowest BCUT2D eigenvalue weighted by atomic mass is 9.96. The van der Waals surface area contributed by atoms with Crippen molar-refractivity contribution >= 4 is 17.3 Å².